The molecule has 2 heterocycles. The molecule has 0 bridgehead atoms. The van der Waals surface area contributed by atoms with Gasteiger partial charge in [-0.25, -0.2) is 0 Å². The van der Waals surface area contributed by atoms with Crippen molar-refractivity contribution < 1.29 is 0 Å². The Kier molecular flexibility index (Phi) is 3.32. The molecule has 1 fully saturated rings. The Morgan fingerprint density at radius 3 is 3.00 bits per heavy atom. The molecule has 1 aromatic heterocycles. The zero-order valence-electron chi connectivity index (χ0n) is 7.96. The Balaban J connectivity index is 2.11. The molecule has 1 aromatic rings. The van der Waals surface area contributed by atoms with E-state index >= 15 is 0 Å². The van der Waals surface area contributed by atoms with E-state index < -0.39 is 0 Å². The van der Waals surface area contributed by atoms with Crippen LogP contribution in [0.3, 0.4) is 0 Å². The van der Waals surface area contributed by atoms with Crippen LogP contribution in [0, 0.1) is 0 Å². The van der Waals surface area contributed by atoms with E-state index in [-0.39, 0.29) is 0 Å². The molecular formula is C11H13BrN2. The fourth-order valence-corrected chi connectivity index (χ4v) is 1.82. The average molecular weight is 253 g/mol. The summed E-state index contributed by atoms with van der Waals surface area (Å²) in [6, 6.07) is 4.06. The van der Waals surface area contributed by atoms with Crippen LogP contribution in [-0.4, -0.2) is 18.1 Å². The minimum Gasteiger partial charge on any atom is -0.313 e. The lowest BCUT2D eigenvalue weighted by atomic mass is 10.1. The molecule has 1 aliphatic heterocycles. The highest BCUT2D eigenvalue weighted by Gasteiger charge is 2.04. The Labute approximate surface area is 92.6 Å². The third-order valence-corrected chi connectivity index (χ3v) is 2.77. The van der Waals surface area contributed by atoms with Gasteiger partial charge < -0.3 is 5.32 Å². The molecule has 1 aliphatic rings. The van der Waals surface area contributed by atoms with Gasteiger partial charge in [-0.1, -0.05) is 5.57 Å². The molecule has 74 valence electrons. The first-order valence-corrected chi connectivity index (χ1v) is 5.65. The van der Waals surface area contributed by atoms with Crippen LogP contribution in [-0.2, 0) is 0 Å². The van der Waals surface area contributed by atoms with Crippen molar-refractivity contribution in [1.29, 1.82) is 0 Å². The highest BCUT2D eigenvalue weighted by Crippen LogP contribution is 2.14. The van der Waals surface area contributed by atoms with E-state index in [4.69, 9.17) is 0 Å². The van der Waals surface area contributed by atoms with Crippen molar-refractivity contribution in [1.82, 2.24) is 10.3 Å². The highest BCUT2D eigenvalue weighted by molar-refractivity contribution is 9.10. The molecule has 1 saturated heterocycles. The summed E-state index contributed by atoms with van der Waals surface area (Å²) in [5, 5.41) is 3.36. The second-order valence-corrected chi connectivity index (χ2v) is 4.40. The van der Waals surface area contributed by atoms with E-state index in [1.165, 1.54) is 18.4 Å². The van der Waals surface area contributed by atoms with Crippen LogP contribution in [0.25, 0.3) is 6.08 Å². The minimum absolute atomic E-state index is 1.01. The number of rotatable bonds is 1. The Bertz CT molecular complexity index is 322. The van der Waals surface area contributed by atoms with Crippen LogP contribution in [0.2, 0.25) is 0 Å². The minimum atomic E-state index is 1.01. The van der Waals surface area contributed by atoms with Crippen molar-refractivity contribution in [3.8, 4) is 0 Å². The maximum absolute atomic E-state index is 4.32. The topological polar surface area (TPSA) is 24.9 Å². The Morgan fingerprint density at radius 1 is 1.43 bits per heavy atom. The van der Waals surface area contributed by atoms with Gasteiger partial charge in [0.1, 0.15) is 0 Å². The number of hydrogen-bond donors (Lipinski definition) is 1. The molecule has 0 aromatic carbocycles. The number of nitrogens with zero attached hydrogens (tertiary/aromatic N) is 1. The normalized spacial score (nSPS) is 19.9. The zero-order chi connectivity index (χ0) is 9.80. The van der Waals surface area contributed by atoms with Crippen LogP contribution in [0.15, 0.2) is 28.4 Å². The molecule has 3 heteroatoms. The number of pyridine rings is 1. The van der Waals surface area contributed by atoms with Gasteiger partial charge in [0.05, 0.1) is 5.69 Å². The summed E-state index contributed by atoms with van der Waals surface area (Å²) in [6.07, 6.45) is 6.45. The lowest BCUT2D eigenvalue weighted by Crippen LogP contribution is -2.23. The third kappa shape index (κ3) is 2.66. The SMILES string of the molecule is Brc1ccc(/C=C2/CCCNC2)nc1. The summed E-state index contributed by atoms with van der Waals surface area (Å²) in [5.41, 5.74) is 2.50. The summed E-state index contributed by atoms with van der Waals surface area (Å²) in [7, 11) is 0. The molecule has 2 rings (SSSR count). The fraction of sp³-hybridized carbons (Fsp3) is 0.364. The van der Waals surface area contributed by atoms with Gasteiger partial charge >= 0.3 is 0 Å². The van der Waals surface area contributed by atoms with Gasteiger partial charge in [-0.15, -0.1) is 0 Å². The number of aromatic nitrogens is 1. The van der Waals surface area contributed by atoms with E-state index in [1.807, 2.05) is 18.3 Å². The lowest BCUT2D eigenvalue weighted by Gasteiger charge is -2.14. The van der Waals surface area contributed by atoms with Crippen LogP contribution < -0.4 is 5.32 Å². The second kappa shape index (κ2) is 4.71. The van der Waals surface area contributed by atoms with Crippen molar-refractivity contribution in [3.63, 3.8) is 0 Å². The Morgan fingerprint density at radius 2 is 2.36 bits per heavy atom. The first-order valence-electron chi connectivity index (χ1n) is 4.86. The van der Waals surface area contributed by atoms with E-state index in [2.05, 4.69) is 32.3 Å². The first-order chi connectivity index (χ1) is 6.84. The van der Waals surface area contributed by atoms with Crippen LogP contribution in [0.5, 0.6) is 0 Å². The van der Waals surface area contributed by atoms with Gasteiger partial charge in [-0.05, 0) is 53.5 Å². The lowest BCUT2D eigenvalue weighted by molar-refractivity contribution is 0.613. The molecule has 1 N–H and O–H groups in total. The van der Waals surface area contributed by atoms with Crippen LogP contribution in [0.1, 0.15) is 18.5 Å². The number of piperidine rings is 1. The molecule has 0 radical (unpaired) electrons. The van der Waals surface area contributed by atoms with Crippen molar-refractivity contribution >= 4 is 22.0 Å². The van der Waals surface area contributed by atoms with Crippen molar-refractivity contribution in [2.45, 2.75) is 12.8 Å². The van der Waals surface area contributed by atoms with E-state index in [0.29, 0.717) is 0 Å². The predicted octanol–water partition coefficient (Wildman–Crippen LogP) is 2.61. The summed E-state index contributed by atoms with van der Waals surface area (Å²) in [4.78, 5) is 4.32. The maximum Gasteiger partial charge on any atom is 0.0630 e. The number of hydrogen-bond acceptors (Lipinski definition) is 2. The van der Waals surface area contributed by atoms with Gasteiger partial charge in [-0.2, -0.15) is 0 Å². The summed E-state index contributed by atoms with van der Waals surface area (Å²) in [6.45, 7) is 2.16. The molecule has 0 amide bonds. The van der Waals surface area contributed by atoms with Gasteiger partial charge in [0, 0.05) is 17.2 Å². The monoisotopic (exact) mass is 252 g/mol. The van der Waals surface area contributed by atoms with E-state index in [0.717, 1.165) is 23.3 Å². The summed E-state index contributed by atoms with van der Waals surface area (Å²) >= 11 is 3.38. The van der Waals surface area contributed by atoms with Gasteiger partial charge in [0.2, 0.25) is 0 Å². The van der Waals surface area contributed by atoms with E-state index in [1.54, 1.807) is 0 Å². The van der Waals surface area contributed by atoms with Crippen molar-refractivity contribution in [3.05, 3.63) is 34.1 Å². The number of halogens is 1. The van der Waals surface area contributed by atoms with Crippen molar-refractivity contribution in [2.75, 3.05) is 13.1 Å². The summed E-state index contributed by atoms with van der Waals surface area (Å²) in [5.74, 6) is 0. The molecule has 0 spiro atoms. The fourth-order valence-electron chi connectivity index (χ4n) is 1.58. The quantitative estimate of drug-likeness (QED) is 0.832. The van der Waals surface area contributed by atoms with Crippen molar-refractivity contribution in [2.24, 2.45) is 0 Å². The zero-order valence-corrected chi connectivity index (χ0v) is 9.55. The van der Waals surface area contributed by atoms with Crippen LogP contribution in [0.4, 0.5) is 0 Å². The van der Waals surface area contributed by atoms with Gasteiger partial charge in [-0.3, -0.25) is 4.98 Å². The molecule has 14 heavy (non-hydrogen) atoms. The average Bonchev–Trinajstić information content (AvgIpc) is 2.23. The van der Waals surface area contributed by atoms with Gasteiger partial charge in [0.15, 0.2) is 0 Å². The molecule has 2 nitrogen and oxygen atoms in total. The molecule has 0 unspecified atom stereocenters. The van der Waals surface area contributed by atoms with Gasteiger partial charge in [0.25, 0.3) is 0 Å². The molecular weight excluding hydrogens is 240 g/mol. The second-order valence-electron chi connectivity index (χ2n) is 3.48. The van der Waals surface area contributed by atoms with E-state index in [9.17, 15) is 0 Å². The maximum atomic E-state index is 4.32. The Hall–Kier alpha value is -0.670. The largest absolute Gasteiger partial charge is 0.313 e. The molecule has 0 aliphatic carbocycles. The van der Waals surface area contributed by atoms with Crippen LogP contribution >= 0.6 is 15.9 Å². The third-order valence-electron chi connectivity index (χ3n) is 2.31. The first kappa shape index (κ1) is 9.87. The standard InChI is InChI=1S/C11H13BrN2/c12-10-3-4-11(14-8-10)6-9-2-1-5-13-7-9/h3-4,6,8,13H,1-2,5,7H2/b9-6-. The molecule has 0 atom stereocenters. The summed E-state index contributed by atoms with van der Waals surface area (Å²) < 4.78 is 1.03. The number of nitrogens with one attached hydrogen (secondary N) is 1. The molecule has 0 saturated carbocycles. The predicted molar refractivity (Wildman–Crippen MR) is 62.0 cm³/mol. The smallest absolute Gasteiger partial charge is 0.0630 e. The highest BCUT2D eigenvalue weighted by atomic mass is 79.9.